The number of rotatable bonds is 1. The minimum Gasteiger partial charge on any atom is -0.385 e. The molecule has 1 heteroatoms. The first-order valence-corrected chi connectivity index (χ1v) is 4.49. The van der Waals surface area contributed by atoms with Gasteiger partial charge in [-0.25, -0.2) is 0 Å². The standard InChI is InChI=1S/C12H17O/c1-11(2,3)12(4,13)10-8-6-5-7-9-10/h5-9,13H,4H2,1-3H3/t12-/m0/s1. The van der Waals surface area contributed by atoms with E-state index < -0.39 is 5.60 Å². The maximum atomic E-state index is 10.2. The van der Waals surface area contributed by atoms with Crippen molar-refractivity contribution < 1.29 is 5.11 Å². The summed E-state index contributed by atoms with van der Waals surface area (Å²) in [5, 5.41) is 10.2. The lowest BCUT2D eigenvalue weighted by Crippen LogP contribution is -2.37. The zero-order valence-electron chi connectivity index (χ0n) is 8.54. The molecule has 0 bridgehead atoms. The average molecular weight is 177 g/mol. The maximum absolute atomic E-state index is 10.2. The molecule has 71 valence electrons. The van der Waals surface area contributed by atoms with E-state index in [1.165, 1.54) is 0 Å². The molecule has 0 heterocycles. The summed E-state index contributed by atoms with van der Waals surface area (Å²) in [4.78, 5) is 0. The van der Waals surface area contributed by atoms with Crippen LogP contribution in [0.15, 0.2) is 30.3 Å². The van der Waals surface area contributed by atoms with Crippen molar-refractivity contribution in [3.63, 3.8) is 0 Å². The molecule has 0 saturated heterocycles. The van der Waals surface area contributed by atoms with Gasteiger partial charge in [-0.05, 0) is 17.9 Å². The van der Waals surface area contributed by atoms with Gasteiger partial charge in [0.15, 0.2) is 0 Å². The molecule has 1 N–H and O–H groups in total. The molecule has 1 aromatic rings. The van der Waals surface area contributed by atoms with Crippen molar-refractivity contribution in [3.05, 3.63) is 42.8 Å². The number of hydrogen-bond donors (Lipinski definition) is 1. The van der Waals surface area contributed by atoms with E-state index in [2.05, 4.69) is 6.92 Å². The summed E-state index contributed by atoms with van der Waals surface area (Å²) >= 11 is 0. The summed E-state index contributed by atoms with van der Waals surface area (Å²) in [7, 11) is 0. The van der Waals surface area contributed by atoms with Crippen LogP contribution in [0.2, 0.25) is 0 Å². The Bertz CT molecular complexity index is 267. The summed E-state index contributed by atoms with van der Waals surface area (Å²) in [6.45, 7) is 9.80. The Morgan fingerprint density at radius 3 is 1.92 bits per heavy atom. The molecule has 0 aromatic heterocycles. The molecular weight excluding hydrogens is 160 g/mol. The van der Waals surface area contributed by atoms with Crippen LogP contribution in [-0.4, -0.2) is 5.11 Å². The number of benzene rings is 1. The Hall–Kier alpha value is -0.820. The predicted octanol–water partition coefficient (Wildman–Crippen LogP) is 2.75. The van der Waals surface area contributed by atoms with Gasteiger partial charge < -0.3 is 5.11 Å². The van der Waals surface area contributed by atoms with Gasteiger partial charge in [-0.1, -0.05) is 51.1 Å². The van der Waals surface area contributed by atoms with Crippen LogP contribution < -0.4 is 0 Å². The Labute approximate surface area is 80.4 Å². The van der Waals surface area contributed by atoms with Crippen LogP contribution in [0, 0.1) is 12.3 Å². The van der Waals surface area contributed by atoms with Gasteiger partial charge in [0.1, 0.15) is 0 Å². The quantitative estimate of drug-likeness (QED) is 0.699. The van der Waals surface area contributed by atoms with Gasteiger partial charge in [0.25, 0.3) is 0 Å². The van der Waals surface area contributed by atoms with Crippen molar-refractivity contribution in [3.8, 4) is 0 Å². The highest BCUT2D eigenvalue weighted by atomic mass is 16.3. The van der Waals surface area contributed by atoms with Crippen LogP contribution in [0.5, 0.6) is 0 Å². The third-order valence-electron chi connectivity index (χ3n) is 2.49. The van der Waals surface area contributed by atoms with Gasteiger partial charge in [-0.3, -0.25) is 0 Å². The third-order valence-corrected chi connectivity index (χ3v) is 2.49. The minimum absolute atomic E-state index is 0.256. The van der Waals surface area contributed by atoms with Crippen molar-refractivity contribution in [1.29, 1.82) is 0 Å². The molecule has 1 atom stereocenters. The molecule has 0 saturated carbocycles. The van der Waals surface area contributed by atoms with Crippen LogP contribution in [-0.2, 0) is 5.60 Å². The molecule has 0 aliphatic heterocycles. The molecule has 0 unspecified atom stereocenters. The molecule has 1 radical (unpaired) electrons. The van der Waals surface area contributed by atoms with Crippen molar-refractivity contribution >= 4 is 0 Å². The van der Waals surface area contributed by atoms with Crippen molar-refractivity contribution in [2.75, 3.05) is 0 Å². The molecule has 13 heavy (non-hydrogen) atoms. The van der Waals surface area contributed by atoms with E-state index in [9.17, 15) is 5.11 Å². The second-order valence-corrected chi connectivity index (χ2v) is 4.48. The van der Waals surface area contributed by atoms with E-state index in [0.29, 0.717) is 0 Å². The molecule has 0 aliphatic rings. The Morgan fingerprint density at radius 2 is 1.54 bits per heavy atom. The van der Waals surface area contributed by atoms with Crippen LogP contribution in [0.25, 0.3) is 0 Å². The van der Waals surface area contributed by atoms with Crippen LogP contribution in [0.3, 0.4) is 0 Å². The fraction of sp³-hybridized carbons (Fsp3) is 0.417. The maximum Gasteiger partial charge on any atom is 0.0945 e. The van der Waals surface area contributed by atoms with Crippen LogP contribution in [0.1, 0.15) is 26.3 Å². The zero-order valence-corrected chi connectivity index (χ0v) is 8.54. The molecule has 0 aliphatic carbocycles. The summed E-state index contributed by atoms with van der Waals surface area (Å²) in [6, 6.07) is 9.56. The van der Waals surface area contributed by atoms with Gasteiger partial charge in [0.2, 0.25) is 0 Å². The second kappa shape index (κ2) is 3.15. The van der Waals surface area contributed by atoms with Crippen molar-refractivity contribution in [2.24, 2.45) is 5.41 Å². The van der Waals surface area contributed by atoms with E-state index in [-0.39, 0.29) is 5.41 Å². The minimum atomic E-state index is -1.02. The molecule has 0 fully saturated rings. The average Bonchev–Trinajstić information content (AvgIpc) is 2.04. The Morgan fingerprint density at radius 1 is 1.08 bits per heavy atom. The van der Waals surface area contributed by atoms with Crippen LogP contribution >= 0.6 is 0 Å². The zero-order chi connectivity index (χ0) is 10.1. The van der Waals surface area contributed by atoms with Crippen molar-refractivity contribution in [1.82, 2.24) is 0 Å². The van der Waals surface area contributed by atoms with E-state index in [1.54, 1.807) is 0 Å². The topological polar surface area (TPSA) is 20.2 Å². The van der Waals surface area contributed by atoms with Gasteiger partial charge in [0.05, 0.1) is 5.60 Å². The first-order chi connectivity index (χ1) is 5.86. The highest BCUT2D eigenvalue weighted by molar-refractivity contribution is 5.25. The van der Waals surface area contributed by atoms with Gasteiger partial charge >= 0.3 is 0 Å². The van der Waals surface area contributed by atoms with E-state index in [4.69, 9.17) is 0 Å². The Kier molecular flexibility index (Phi) is 2.49. The first kappa shape index (κ1) is 10.3. The summed E-state index contributed by atoms with van der Waals surface area (Å²) < 4.78 is 0. The summed E-state index contributed by atoms with van der Waals surface area (Å²) in [6.07, 6.45) is 0. The smallest absolute Gasteiger partial charge is 0.0945 e. The molecule has 0 spiro atoms. The molecule has 1 aromatic carbocycles. The molecule has 0 amide bonds. The monoisotopic (exact) mass is 177 g/mol. The second-order valence-electron chi connectivity index (χ2n) is 4.48. The molecular formula is C12H17O. The number of hydrogen-bond acceptors (Lipinski definition) is 1. The largest absolute Gasteiger partial charge is 0.385 e. The lowest BCUT2D eigenvalue weighted by atomic mass is 9.74. The van der Waals surface area contributed by atoms with E-state index in [1.807, 2.05) is 51.1 Å². The third kappa shape index (κ3) is 1.92. The first-order valence-electron chi connectivity index (χ1n) is 4.49. The highest BCUT2D eigenvalue weighted by Crippen LogP contribution is 2.37. The van der Waals surface area contributed by atoms with E-state index in [0.717, 1.165) is 5.56 Å². The summed E-state index contributed by atoms with van der Waals surface area (Å²) in [5.74, 6) is 0. The van der Waals surface area contributed by atoms with Gasteiger partial charge in [0, 0.05) is 0 Å². The highest BCUT2D eigenvalue weighted by Gasteiger charge is 2.36. The normalized spacial score (nSPS) is 16.7. The fourth-order valence-electron chi connectivity index (χ4n) is 1.15. The van der Waals surface area contributed by atoms with E-state index >= 15 is 0 Å². The SMILES string of the molecule is [CH2][C@](O)(c1ccccc1)C(C)(C)C. The van der Waals surface area contributed by atoms with Gasteiger partial charge in [-0.15, -0.1) is 0 Å². The van der Waals surface area contributed by atoms with Crippen LogP contribution in [0.4, 0.5) is 0 Å². The van der Waals surface area contributed by atoms with Crippen molar-refractivity contribution in [2.45, 2.75) is 26.4 Å². The lowest BCUT2D eigenvalue weighted by molar-refractivity contribution is -0.0215. The number of aliphatic hydroxyl groups is 1. The molecule has 1 nitrogen and oxygen atoms in total. The lowest BCUT2D eigenvalue weighted by Gasteiger charge is -2.37. The molecule has 1 rings (SSSR count). The summed E-state index contributed by atoms with van der Waals surface area (Å²) in [5.41, 5.74) is -0.412. The van der Waals surface area contributed by atoms with Gasteiger partial charge in [-0.2, -0.15) is 0 Å². The fourth-order valence-corrected chi connectivity index (χ4v) is 1.15. The Balaban J connectivity index is 3.08. The predicted molar refractivity (Wildman–Crippen MR) is 55.2 cm³/mol.